The normalized spacial score (nSPS) is 21.1. The number of fused-ring (bicyclic) bond motifs is 1. The van der Waals surface area contributed by atoms with Gasteiger partial charge in [-0.3, -0.25) is 4.79 Å². The zero-order chi connectivity index (χ0) is 26.1. The fraction of sp³-hybridized carbons (Fsp3) is 0.480. The molecule has 3 aromatic rings. The van der Waals surface area contributed by atoms with Gasteiger partial charge in [0.05, 0.1) is 40.8 Å². The molecule has 3 heterocycles. The lowest BCUT2D eigenvalue weighted by Gasteiger charge is -2.34. The topological polar surface area (TPSA) is 149 Å². The van der Waals surface area contributed by atoms with Crippen LogP contribution in [0, 0.1) is 11.3 Å². The highest BCUT2D eigenvalue weighted by Gasteiger charge is 2.30. The van der Waals surface area contributed by atoms with Gasteiger partial charge in [0.25, 0.3) is 5.91 Å². The number of hydrogen-bond donors (Lipinski definition) is 4. The SMILES string of the molecule is CC1(O)CCC(Nc2cc(-n3ncc4cc(C#N)cnc43)ncc2C(=O)NC[C@@H](F)C(C)(C)O)CC1. The van der Waals surface area contributed by atoms with Crippen molar-refractivity contribution < 1.29 is 19.4 Å². The van der Waals surface area contributed by atoms with Crippen LogP contribution >= 0.6 is 0 Å². The Labute approximate surface area is 208 Å². The number of amides is 1. The molecule has 190 valence electrons. The molecule has 11 heteroatoms. The van der Waals surface area contributed by atoms with Crippen LogP contribution in [0.15, 0.2) is 30.7 Å². The predicted molar refractivity (Wildman–Crippen MR) is 131 cm³/mol. The van der Waals surface area contributed by atoms with E-state index in [0.29, 0.717) is 53.8 Å². The van der Waals surface area contributed by atoms with Crippen molar-refractivity contribution in [2.24, 2.45) is 0 Å². The van der Waals surface area contributed by atoms with E-state index in [2.05, 4.69) is 25.7 Å². The third kappa shape index (κ3) is 5.61. The molecule has 1 fully saturated rings. The number of hydrogen-bond acceptors (Lipinski definition) is 8. The molecule has 3 aromatic heterocycles. The zero-order valence-corrected chi connectivity index (χ0v) is 20.5. The highest BCUT2D eigenvalue weighted by Crippen LogP contribution is 2.31. The van der Waals surface area contributed by atoms with E-state index in [4.69, 9.17) is 5.26 Å². The van der Waals surface area contributed by atoms with Crippen molar-refractivity contribution in [3.63, 3.8) is 0 Å². The molecule has 0 saturated heterocycles. The number of rotatable bonds is 7. The van der Waals surface area contributed by atoms with Gasteiger partial charge in [-0.1, -0.05) is 0 Å². The fourth-order valence-electron chi connectivity index (χ4n) is 4.14. The monoisotopic (exact) mass is 495 g/mol. The number of anilines is 1. The molecule has 0 spiro atoms. The highest BCUT2D eigenvalue weighted by atomic mass is 19.1. The third-order valence-corrected chi connectivity index (χ3v) is 6.52. The van der Waals surface area contributed by atoms with Crippen molar-refractivity contribution in [3.05, 3.63) is 41.9 Å². The second-order valence-corrected chi connectivity index (χ2v) is 10.1. The van der Waals surface area contributed by atoms with E-state index in [9.17, 15) is 19.4 Å². The molecular weight excluding hydrogens is 465 g/mol. The summed E-state index contributed by atoms with van der Waals surface area (Å²) in [4.78, 5) is 21.7. The molecule has 36 heavy (non-hydrogen) atoms. The van der Waals surface area contributed by atoms with Crippen LogP contribution in [0.2, 0.25) is 0 Å². The minimum Gasteiger partial charge on any atom is -0.390 e. The molecule has 1 aliphatic rings. The van der Waals surface area contributed by atoms with Crippen molar-refractivity contribution in [2.45, 2.75) is 69.9 Å². The van der Waals surface area contributed by atoms with Crippen molar-refractivity contribution >= 4 is 22.6 Å². The van der Waals surface area contributed by atoms with Gasteiger partial charge in [-0.15, -0.1) is 0 Å². The lowest BCUT2D eigenvalue weighted by molar-refractivity contribution is -0.00178. The average molecular weight is 496 g/mol. The van der Waals surface area contributed by atoms with E-state index < -0.39 is 23.3 Å². The molecule has 4 N–H and O–H groups in total. The van der Waals surface area contributed by atoms with Crippen LogP contribution in [0.5, 0.6) is 0 Å². The fourth-order valence-corrected chi connectivity index (χ4v) is 4.14. The Balaban J connectivity index is 1.65. The molecule has 1 saturated carbocycles. The summed E-state index contributed by atoms with van der Waals surface area (Å²) in [6.45, 7) is 4.14. The van der Waals surface area contributed by atoms with E-state index in [0.717, 1.165) is 0 Å². The van der Waals surface area contributed by atoms with Gasteiger partial charge in [-0.2, -0.15) is 15.0 Å². The van der Waals surface area contributed by atoms with Crippen molar-refractivity contribution in [1.29, 1.82) is 5.26 Å². The standard InChI is InChI=1S/C25H30FN7O3/c1-24(2,35)20(26)14-30-23(34)18-13-28-21(9-19(18)32-17-4-6-25(3,36)7-5-17)33-22-16(12-31-33)8-15(10-27)11-29-22/h8-9,11-13,17,20,35-36H,4-7,14H2,1-3H3,(H,28,32)(H,30,34)/t17?,20-,25?/m1/s1. The summed E-state index contributed by atoms with van der Waals surface area (Å²) in [5.74, 6) is -0.128. The zero-order valence-electron chi connectivity index (χ0n) is 20.5. The number of carbonyl (C=O) groups is 1. The van der Waals surface area contributed by atoms with Crippen LogP contribution in [0.25, 0.3) is 16.9 Å². The summed E-state index contributed by atoms with van der Waals surface area (Å²) in [6.07, 6.45) is 5.43. The number of aromatic nitrogens is 4. The summed E-state index contributed by atoms with van der Waals surface area (Å²) in [6, 6.07) is 5.42. The Morgan fingerprint density at radius 3 is 2.69 bits per heavy atom. The van der Waals surface area contributed by atoms with Crippen LogP contribution in [-0.4, -0.2) is 65.8 Å². The molecule has 0 unspecified atom stereocenters. The summed E-state index contributed by atoms with van der Waals surface area (Å²) >= 11 is 0. The maximum absolute atomic E-state index is 14.2. The van der Waals surface area contributed by atoms with Crippen LogP contribution in [0.4, 0.5) is 10.1 Å². The van der Waals surface area contributed by atoms with E-state index >= 15 is 0 Å². The molecule has 1 atom stereocenters. The van der Waals surface area contributed by atoms with E-state index in [1.165, 1.54) is 30.9 Å². The van der Waals surface area contributed by atoms with Gasteiger partial charge in [0.1, 0.15) is 12.2 Å². The summed E-state index contributed by atoms with van der Waals surface area (Å²) in [5, 5.41) is 40.2. The number of nitriles is 1. The first kappa shape index (κ1) is 25.5. The number of halogens is 1. The third-order valence-electron chi connectivity index (χ3n) is 6.52. The Morgan fingerprint density at radius 2 is 2.03 bits per heavy atom. The van der Waals surface area contributed by atoms with Gasteiger partial charge in [0.2, 0.25) is 0 Å². The lowest BCUT2D eigenvalue weighted by Crippen LogP contribution is -2.42. The van der Waals surface area contributed by atoms with Crippen LogP contribution in [0.3, 0.4) is 0 Å². The second kappa shape index (κ2) is 9.79. The lowest BCUT2D eigenvalue weighted by atomic mass is 9.83. The van der Waals surface area contributed by atoms with Gasteiger partial charge < -0.3 is 20.8 Å². The van der Waals surface area contributed by atoms with E-state index in [1.807, 2.05) is 13.0 Å². The maximum atomic E-state index is 14.2. The maximum Gasteiger partial charge on any atom is 0.255 e. The van der Waals surface area contributed by atoms with E-state index in [-0.39, 0.29) is 18.2 Å². The van der Waals surface area contributed by atoms with E-state index in [1.54, 1.807) is 18.3 Å². The Kier molecular flexibility index (Phi) is 6.93. The van der Waals surface area contributed by atoms with Crippen LogP contribution in [-0.2, 0) is 0 Å². The van der Waals surface area contributed by atoms with Gasteiger partial charge in [0, 0.05) is 29.9 Å². The molecule has 4 rings (SSSR count). The number of carbonyl (C=O) groups excluding carboxylic acids is 1. The van der Waals surface area contributed by atoms with Crippen molar-refractivity contribution in [1.82, 2.24) is 25.1 Å². The molecule has 1 aliphatic carbocycles. The van der Waals surface area contributed by atoms with Crippen LogP contribution in [0.1, 0.15) is 62.4 Å². The Bertz CT molecular complexity index is 1300. The van der Waals surface area contributed by atoms with Crippen molar-refractivity contribution in [2.75, 3.05) is 11.9 Å². The number of pyridine rings is 2. The van der Waals surface area contributed by atoms with Gasteiger partial charge in [-0.05, 0) is 52.5 Å². The summed E-state index contributed by atoms with van der Waals surface area (Å²) < 4.78 is 15.7. The highest BCUT2D eigenvalue weighted by molar-refractivity contribution is 5.99. The quantitative estimate of drug-likeness (QED) is 0.391. The molecule has 1 amide bonds. The largest absolute Gasteiger partial charge is 0.390 e. The predicted octanol–water partition coefficient (Wildman–Crippen LogP) is 2.63. The molecule has 0 aliphatic heterocycles. The smallest absolute Gasteiger partial charge is 0.255 e. The first-order valence-electron chi connectivity index (χ1n) is 11.8. The van der Waals surface area contributed by atoms with Gasteiger partial charge in [-0.25, -0.2) is 14.4 Å². The molecule has 10 nitrogen and oxygen atoms in total. The first-order valence-corrected chi connectivity index (χ1v) is 11.8. The molecular formula is C25H30FN7O3. The Morgan fingerprint density at radius 1 is 1.31 bits per heavy atom. The average Bonchev–Trinajstić information content (AvgIpc) is 3.26. The number of aliphatic hydroxyl groups is 2. The van der Waals surface area contributed by atoms with Crippen LogP contribution < -0.4 is 10.6 Å². The minimum atomic E-state index is -1.65. The minimum absolute atomic E-state index is 0.0167. The second-order valence-electron chi connectivity index (χ2n) is 10.1. The van der Waals surface area contributed by atoms with Gasteiger partial charge in [0.15, 0.2) is 11.5 Å². The first-order chi connectivity index (χ1) is 17.0. The summed E-state index contributed by atoms with van der Waals surface area (Å²) in [5.41, 5.74) is -0.680. The van der Waals surface area contributed by atoms with Gasteiger partial charge >= 0.3 is 0 Å². The Hall–Kier alpha value is -3.62. The molecule has 0 bridgehead atoms. The number of alkyl halides is 1. The van der Waals surface area contributed by atoms with Crippen molar-refractivity contribution in [3.8, 4) is 11.9 Å². The number of nitrogens with one attached hydrogen (secondary N) is 2. The summed E-state index contributed by atoms with van der Waals surface area (Å²) in [7, 11) is 0. The molecule has 0 radical (unpaired) electrons. The number of nitrogens with zero attached hydrogens (tertiary/aromatic N) is 5. The molecule has 0 aromatic carbocycles.